The molecule has 4 aromatic carbocycles. The maximum Gasteiger partial charge on any atom is 0.118 e. The molecule has 12 rings (SSSR count). The quantitative estimate of drug-likeness (QED) is 0.119. The lowest BCUT2D eigenvalue weighted by Crippen LogP contribution is -2.27. The fourth-order valence-corrected chi connectivity index (χ4v) is 12.1. The van der Waals surface area contributed by atoms with Crippen molar-refractivity contribution in [3.05, 3.63) is 143 Å². The van der Waals surface area contributed by atoms with Crippen LogP contribution in [0.4, 0.5) is 0 Å². The number of aliphatic hydroxyl groups is 2. The smallest absolute Gasteiger partial charge is 0.118 e. The molecule has 0 radical (unpaired) electrons. The number of hydrogen-bond acceptors (Lipinski definition) is 12. The monoisotopic (exact) mass is 1050 g/mol. The summed E-state index contributed by atoms with van der Waals surface area (Å²) in [5.74, 6) is 2.39. The second-order valence-corrected chi connectivity index (χ2v) is 22.1. The SMILES string of the molecule is COc1ccc(C(C2CCOCC2)n2c3cc(C(C)(C)O)ccc3c3ncc(-c4c(C)nnn4C)cc32)cc1.COc1ccc(C(C2CCOCC2)n2c3cc(C(C)(C)O)ccc3c3ncc(-c4c(C)nnn4C)cc32)cc1. The van der Waals surface area contributed by atoms with Gasteiger partial charge in [-0.2, -0.15) is 0 Å². The summed E-state index contributed by atoms with van der Waals surface area (Å²) < 4.78 is 31.0. The molecule has 2 saturated heterocycles. The zero-order chi connectivity index (χ0) is 54.6. The number of ether oxygens (including phenoxy) is 4. The summed E-state index contributed by atoms with van der Waals surface area (Å²) in [5.41, 5.74) is 13.9. The van der Waals surface area contributed by atoms with Crippen LogP contribution < -0.4 is 9.47 Å². The molecule has 2 fully saturated rings. The van der Waals surface area contributed by atoms with Gasteiger partial charge >= 0.3 is 0 Å². The van der Waals surface area contributed by atoms with E-state index in [1.165, 1.54) is 11.1 Å². The number of hydrogen-bond donors (Lipinski definition) is 2. The molecule has 2 aliphatic rings. The van der Waals surface area contributed by atoms with Crippen molar-refractivity contribution >= 4 is 43.9 Å². The maximum atomic E-state index is 10.9. The highest BCUT2D eigenvalue weighted by Crippen LogP contribution is 2.45. The highest BCUT2D eigenvalue weighted by atomic mass is 16.5. The van der Waals surface area contributed by atoms with Crippen LogP contribution >= 0.6 is 0 Å². The molecule has 0 saturated carbocycles. The minimum absolute atomic E-state index is 0.0414. The van der Waals surface area contributed by atoms with Gasteiger partial charge < -0.3 is 38.3 Å². The first-order valence-corrected chi connectivity index (χ1v) is 27.0. The fourth-order valence-electron chi connectivity index (χ4n) is 12.1. The summed E-state index contributed by atoms with van der Waals surface area (Å²) in [4.78, 5) is 10.0. The van der Waals surface area contributed by atoms with Crippen LogP contribution in [0.5, 0.6) is 11.5 Å². The van der Waals surface area contributed by atoms with Crippen LogP contribution in [0.2, 0.25) is 0 Å². The van der Waals surface area contributed by atoms with Crippen molar-refractivity contribution in [3.8, 4) is 34.0 Å². The predicted molar refractivity (Wildman–Crippen MR) is 304 cm³/mol. The Hall–Kier alpha value is -7.50. The molecule has 2 aliphatic heterocycles. The van der Waals surface area contributed by atoms with Gasteiger partial charge in [-0.25, -0.2) is 9.36 Å². The van der Waals surface area contributed by atoms with Crippen molar-refractivity contribution < 1.29 is 29.2 Å². The second kappa shape index (κ2) is 21.0. The van der Waals surface area contributed by atoms with E-state index in [0.29, 0.717) is 11.8 Å². The summed E-state index contributed by atoms with van der Waals surface area (Å²) in [7, 11) is 7.21. The molecule has 16 heteroatoms. The number of fused-ring (bicyclic) bond motifs is 6. The Morgan fingerprint density at radius 2 is 0.897 bits per heavy atom. The van der Waals surface area contributed by atoms with Gasteiger partial charge in [-0.05, 0) is 150 Å². The molecule has 2 N–H and O–H groups in total. The zero-order valence-corrected chi connectivity index (χ0v) is 46.4. The molecule has 0 spiro atoms. The first-order chi connectivity index (χ1) is 37.5. The Morgan fingerprint density at radius 1 is 0.526 bits per heavy atom. The Labute approximate surface area is 454 Å². The van der Waals surface area contributed by atoms with E-state index in [4.69, 9.17) is 28.9 Å². The zero-order valence-electron chi connectivity index (χ0n) is 46.4. The minimum Gasteiger partial charge on any atom is -0.497 e. The van der Waals surface area contributed by atoms with Gasteiger partial charge in [0.1, 0.15) is 11.5 Å². The lowest BCUT2D eigenvalue weighted by Gasteiger charge is -2.33. The lowest BCUT2D eigenvalue weighted by atomic mass is 9.86. The molecule has 6 aromatic heterocycles. The molecule has 8 heterocycles. The first kappa shape index (κ1) is 52.5. The Balaban J connectivity index is 0.000000165. The van der Waals surface area contributed by atoms with Crippen LogP contribution in [-0.2, 0) is 34.8 Å². The van der Waals surface area contributed by atoms with Gasteiger partial charge in [0.05, 0.1) is 93.4 Å². The van der Waals surface area contributed by atoms with E-state index in [1.54, 1.807) is 23.6 Å². The summed E-state index contributed by atoms with van der Waals surface area (Å²) in [6.45, 7) is 14.2. The largest absolute Gasteiger partial charge is 0.497 e. The third kappa shape index (κ3) is 9.80. The van der Waals surface area contributed by atoms with E-state index < -0.39 is 11.2 Å². The van der Waals surface area contributed by atoms with E-state index in [-0.39, 0.29) is 12.1 Å². The molecule has 0 amide bonds. The van der Waals surface area contributed by atoms with Crippen molar-refractivity contribution in [1.82, 2.24) is 49.1 Å². The van der Waals surface area contributed by atoms with Crippen molar-refractivity contribution in [1.29, 1.82) is 0 Å². The summed E-state index contributed by atoms with van der Waals surface area (Å²) in [6, 6.07) is 33.8. The third-order valence-electron chi connectivity index (χ3n) is 16.1. The summed E-state index contributed by atoms with van der Waals surface area (Å²) in [6.07, 6.45) is 7.67. The van der Waals surface area contributed by atoms with E-state index in [0.717, 1.165) is 153 Å². The van der Waals surface area contributed by atoms with Gasteiger partial charge in [-0.15, -0.1) is 10.2 Å². The fraction of sp³-hybridized carbons (Fsp3) is 0.387. The first-order valence-electron chi connectivity index (χ1n) is 27.0. The number of methoxy groups -OCH3 is 2. The molecule has 10 aromatic rings. The van der Waals surface area contributed by atoms with Crippen LogP contribution in [-0.4, -0.2) is 100.0 Å². The number of nitrogens with zero attached hydrogens (tertiary/aromatic N) is 10. The molecule has 404 valence electrons. The van der Waals surface area contributed by atoms with Gasteiger partial charge in [0.2, 0.25) is 0 Å². The number of pyridine rings is 2. The Morgan fingerprint density at radius 3 is 1.22 bits per heavy atom. The van der Waals surface area contributed by atoms with E-state index >= 15 is 0 Å². The van der Waals surface area contributed by atoms with Gasteiger partial charge in [0.15, 0.2) is 0 Å². The van der Waals surface area contributed by atoms with E-state index in [2.05, 4.69) is 90.4 Å². The van der Waals surface area contributed by atoms with Gasteiger partial charge in [0.25, 0.3) is 0 Å². The lowest BCUT2D eigenvalue weighted by molar-refractivity contribution is 0.0551. The van der Waals surface area contributed by atoms with Crippen LogP contribution in [0.15, 0.2) is 109 Å². The van der Waals surface area contributed by atoms with E-state index in [9.17, 15) is 10.2 Å². The molecule has 2 atom stereocenters. The van der Waals surface area contributed by atoms with Crippen molar-refractivity contribution in [2.24, 2.45) is 25.9 Å². The normalized spacial score (nSPS) is 15.7. The average molecular weight is 1050 g/mol. The Kier molecular flexibility index (Phi) is 14.2. The van der Waals surface area contributed by atoms with Crippen LogP contribution in [0.1, 0.15) is 99.1 Å². The molecule has 78 heavy (non-hydrogen) atoms. The average Bonchev–Trinajstić information content (AvgIpc) is 4.27. The van der Waals surface area contributed by atoms with E-state index in [1.807, 2.05) is 104 Å². The van der Waals surface area contributed by atoms with Crippen molar-refractivity contribution in [2.45, 2.75) is 90.5 Å². The van der Waals surface area contributed by atoms with Gasteiger partial charge in [0, 0.05) is 74.8 Å². The molecular weight excluding hydrogens is 981 g/mol. The molecular formula is C62H70N10O6. The van der Waals surface area contributed by atoms with Gasteiger partial charge in [-0.1, -0.05) is 59.0 Å². The van der Waals surface area contributed by atoms with Crippen LogP contribution in [0.25, 0.3) is 66.4 Å². The molecule has 0 aliphatic carbocycles. The number of aromatic nitrogens is 10. The third-order valence-corrected chi connectivity index (χ3v) is 16.1. The predicted octanol–water partition coefficient (Wildman–Crippen LogP) is 11.1. The minimum atomic E-state index is -0.972. The Bertz CT molecular complexity index is 3490. The molecule has 16 nitrogen and oxygen atoms in total. The summed E-state index contributed by atoms with van der Waals surface area (Å²) >= 11 is 0. The topological polar surface area (TPSA) is 174 Å². The van der Waals surface area contributed by atoms with Crippen molar-refractivity contribution in [3.63, 3.8) is 0 Å². The van der Waals surface area contributed by atoms with Crippen LogP contribution in [0.3, 0.4) is 0 Å². The highest BCUT2D eigenvalue weighted by Gasteiger charge is 2.34. The highest BCUT2D eigenvalue weighted by molar-refractivity contribution is 6.08. The molecule has 2 unspecified atom stereocenters. The second-order valence-electron chi connectivity index (χ2n) is 22.1. The number of benzene rings is 4. The van der Waals surface area contributed by atoms with Crippen molar-refractivity contribution in [2.75, 3.05) is 40.6 Å². The maximum absolute atomic E-state index is 10.9. The summed E-state index contributed by atoms with van der Waals surface area (Å²) in [5, 5.41) is 41.0. The number of aryl methyl sites for hydroxylation is 4. The number of rotatable bonds is 12. The standard InChI is InChI=1S/2C31H35N5O3/c2*1-19-29(35(4)34-33-19)22-16-27-28(32-18-22)25-11-8-23(31(2,3)37)17-26(25)36(27)30(21-12-14-39-15-13-21)20-6-9-24(38-5)10-7-20/h2*6-11,16-18,21,30,37H,12-15H2,1-5H3. The molecule has 0 bridgehead atoms. The van der Waals surface area contributed by atoms with Crippen LogP contribution in [0, 0.1) is 25.7 Å². The van der Waals surface area contributed by atoms with Gasteiger partial charge in [-0.3, -0.25) is 9.97 Å².